The predicted molar refractivity (Wildman–Crippen MR) is 56.4 cm³/mol. The van der Waals surface area contributed by atoms with Gasteiger partial charge >= 0.3 is 0 Å². The van der Waals surface area contributed by atoms with Crippen LogP contribution in [0.3, 0.4) is 0 Å². The van der Waals surface area contributed by atoms with Crippen LogP contribution in [0, 0.1) is 5.92 Å². The number of aliphatic hydroxyl groups excluding tert-OH is 1. The van der Waals surface area contributed by atoms with Gasteiger partial charge in [0.15, 0.2) is 0 Å². The van der Waals surface area contributed by atoms with Crippen molar-refractivity contribution < 1.29 is 5.11 Å². The van der Waals surface area contributed by atoms with Crippen molar-refractivity contribution in [2.45, 2.75) is 31.8 Å². The number of halogens is 1. The molecule has 0 aromatic carbocycles. The molecule has 1 heterocycles. The maximum absolute atomic E-state index is 9.36. The van der Waals surface area contributed by atoms with Crippen LogP contribution in [0.15, 0.2) is 12.1 Å². The number of thiophene rings is 1. The third kappa shape index (κ3) is 2.46. The molecule has 1 aliphatic rings. The van der Waals surface area contributed by atoms with Gasteiger partial charge in [-0.3, -0.25) is 0 Å². The lowest BCUT2D eigenvalue weighted by Gasteiger charge is -2.05. The number of rotatable bonds is 2. The summed E-state index contributed by atoms with van der Waals surface area (Å²) in [5.41, 5.74) is 0. The Kier molecular flexibility index (Phi) is 2.92. The summed E-state index contributed by atoms with van der Waals surface area (Å²) >= 11 is 7.50. The van der Waals surface area contributed by atoms with Gasteiger partial charge in [0.2, 0.25) is 0 Å². The standard InChI is InChI=1S/C10H13ClOS/c11-10-4-3-9(13-10)6-7-1-2-8(12)5-7/h3-4,7-8,12H,1-2,5-6H2. The van der Waals surface area contributed by atoms with Crippen LogP contribution in [0.2, 0.25) is 4.34 Å². The summed E-state index contributed by atoms with van der Waals surface area (Å²) in [6.07, 6.45) is 4.14. The van der Waals surface area contributed by atoms with Gasteiger partial charge in [-0.15, -0.1) is 11.3 Å². The maximum Gasteiger partial charge on any atom is 0.0931 e. The molecular formula is C10H13ClOS. The molecule has 2 rings (SSSR count). The summed E-state index contributed by atoms with van der Waals surface area (Å²) in [5, 5.41) is 9.36. The van der Waals surface area contributed by atoms with Crippen molar-refractivity contribution in [1.82, 2.24) is 0 Å². The van der Waals surface area contributed by atoms with Gasteiger partial charge in [0.25, 0.3) is 0 Å². The summed E-state index contributed by atoms with van der Waals surface area (Å²) in [5.74, 6) is 0.671. The average molecular weight is 217 g/mol. The van der Waals surface area contributed by atoms with E-state index in [2.05, 4.69) is 6.07 Å². The molecule has 1 saturated carbocycles. The fourth-order valence-corrected chi connectivity index (χ4v) is 3.18. The summed E-state index contributed by atoms with van der Waals surface area (Å²) in [6, 6.07) is 4.05. The molecule has 2 unspecified atom stereocenters. The molecule has 0 radical (unpaired) electrons. The zero-order valence-electron chi connectivity index (χ0n) is 7.37. The number of hydrogen-bond donors (Lipinski definition) is 1. The molecule has 1 fully saturated rings. The van der Waals surface area contributed by atoms with E-state index in [4.69, 9.17) is 11.6 Å². The second kappa shape index (κ2) is 3.99. The maximum atomic E-state index is 9.36. The fourth-order valence-electron chi connectivity index (χ4n) is 1.98. The molecule has 3 heteroatoms. The van der Waals surface area contributed by atoms with Crippen LogP contribution < -0.4 is 0 Å². The molecule has 0 saturated heterocycles. The van der Waals surface area contributed by atoms with E-state index in [0.717, 1.165) is 30.0 Å². The highest BCUT2D eigenvalue weighted by molar-refractivity contribution is 7.16. The highest BCUT2D eigenvalue weighted by Gasteiger charge is 2.23. The first-order chi connectivity index (χ1) is 6.24. The molecule has 1 nitrogen and oxygen atoms in total. The molecule has 1 N–H and O–H groups in total. The molecule has 1 aliphatic carbocycles. The molecule has 0 spiro atoms. The van der Waals surface area contributed by atoms with E-state index < -0.39 is 0 Å². The average Bonchev–Trinajstić information content (AvgIpc) is 2.62. The number of hydrogen-bond acceptors (Lipinski definition) is 2. The minimum absolute atomic E-state index is 0.0552. The molecule has 0 amide bonds. The number of aliphatic hydroxyl groups is 1. The molecule has 1 aromatic rings. The van der Waals surface area contributed by atoms with E-state index in [0.29, 0.717) is 5.92 Å². The predicted octanol–water partition coefficient (Wildman–Crippen LogP) is 3.11. The molecular weight excluding hydrogens is 204 g/mol. The van der Waals surface area contributed by atoms with Crippen LogP contribution in [-0.4, -0.2) is 11.2 Å². The Balaban J connectivity index is 1.91. The third-order valence-electron chi connectivity index (χ3n) is 2.63. The largest absolute Gasteiger partial charge is 0.393 e. The molecule has 1 aromatic heterocycles. The van der Waals surface area contributed by atoms with E-state index in [9.17, 15) is 5.11 Å². The van der Waals surface area contributed by atoms with E-state index in [1.54, 1.807) is 11.3 Å². The topological polar surface area (TPSA) is 20.2 Å². The van der Waals surface area contributed by atoms with Crippen molar-refractivity contribution in [3.05, 3.63) is 21.3 Å². The fraction of sp³-hybridized carbons (Fsp3) is 0.600. The normalized spacial score (nSPS) is 28.2. The summed E-state index contributed by atoms with van der Waals surface area (Å²) in [7, 11) is 0. The van der Waals surface area contributed by atoms with E-state index >= 15 is 0 Å². The Labute approximate surface area is 87.4 Å². The zero-order chi connectivity index (χ0) is 9.26. The Bertz CT molecular complexity index is 284. The van der Waals surface area contributed by atoms with E-state index in [1.165, 1.54) is 4.88 Å². The smallest absolute Gasteiger partial charge is 0.0931 e. The van der Waals surface area contributed by atoms with Crippen LogP contribution >= 0.6 is 22.9 Å². The van der Waals surface area contributed by atoms with E-state index in [-0.39, 0.29) is 6.10 Å². The second-order valence-corrected chi connectivity index (χ2v) is 5.54. The zero-order valence-corrected chi connectivity index (χ0v) is 8.94. The first-order valence-electron chi connectivity index (χ1n) is 4.66. The first-order valence-corrected chi connectivity index (χ1v) is 5.86. The van der Waals surface area contributed by atoms with Crippen molar-refractivity contribution in [1.29, 1.82) is 0 Å². The van der Waals surface area contributed by atoms with E-state index in [1.807, 2.05) is 6.07 Å². The monoisotopic (exact) mass is 216 g/mol. The quantitative estimate of drug-likeness (QED) is 0.806. The van der Waals surface area contributed by atoms with Crippen LogP contribution in [0.25, 0.3) is 0 Å². The van der Waals surface area contributed by atoms with Gasteiger partial charge in [-0.1, -0.05) is 11.6 Å². The second-order valence-electron chi connectivity index (χ2n) is 3.74. The molecule has 2 atom stereocenters. The Morgan fingerprint density at radius 2 is 2.31 bits per heavy atom. The van der Waals surface area contributed by atoms with Crippen molar-refractivity contribution in [2.75, 3.05) is 0 Å². The van der Waals surface area contributed by atoms with Crippen LogP contribution in [0.4, 0.5) is 0 Å². The lowest BCUT2D eigenvalue weighted by Crippen LogP contribution is -2.01. The molecule has 0 aliphatic heterocycles. The SMILES string of the molecule is OC1CCC(Cc2ccc(Cl)s2)C1. The van der Waals surface area contributed by atoms with Gasteiger partial charge in [0, 0.05) is 4.88 Å². The molecule has 13 heavy (non-hydrogen) atoms. The summed E-state index contributed by atoms with van der Waals surface area (Å²) in [4.78, 5) is 1.35. The lowest BCUT2D eigenvalue weighted by molar-refractivity contribution is 0.177. The minimum Gasteiger partial charge on any atom is -0.393 e. The van der Waals surface area contributed by atoms with Gasteiger partial charge in [0.05, 0.1) is 10.4 Å². The van der Waals surface area contributed by atoms with Gasteiger partial charge < -0.3 is 5.11 Å². The molecule has 72 valence electrons. The van der Waals surface area contributed by atoms with Crippen molar-refractivity contribution >= 4 is 22.9 Å². The Morgan fingerprint density at radius 1 is 1.46 bits per heavy atom. The van der Waals surface area contributed by atoms with Gasteiger partial charge in [-0.2, -0.15) is 0 Å². The van der Waals surface area contributed by atoms with Crippen LogP contribution in [0.5, 0.6) is 0 Å². The van der Waals surface area contributed by atoms with Crippen molar-refractivity contribution in [2.24, 2.45) is 5.92 Å². The van der Waals surface area contributed by atoms with Gasteiger partial charge in [0.1, 0.15) is 0 Å². The Hall–Kier alpha value is -0.0500. The highest BCUT2D eigenvalue weighted by atomic mass is 35.5. The summed E-state index contributed by atoms with van der Waals surface area (Å²) in [6.45, 7) is 0. The minimum atomic E-state index is -0.0552. The first kappa shape index (κ1) is 9.50. The van der Waals surface area contributed by atoms with Gasteiger partial charge in [-0.05, 0) is 43.7 Å². The highest BCUT2D eigenvalue weighted by Crippen LogP contribution is 2.31. The Morgan fingerprint density at radius 3 is 2.85 bits per heavy atom. The van der Waals surface area contributed by atoms with Crippen LogP contribution in [-0.2, 0) is 6.42 Å². The van der Waals surface area contributed by atoms with Crippen molar-refractivity contribution in [3.8, 4) is 0 Å². The van der Waals surface area contributed by atoms with Crippen molar-refractivity contribution in [3.63, 3.8) is 0 Å². The lowest BCUT2D eigenvalue weighted by atomic mass is 10.0. The summed E-state index contributed by atoms with van der Waals surface area (Å²) < 4.78 is 0.869. The molecule has 0 bridgehead atoms. The van der Waals surface area contributed by atoms with Crippen LogP contribution in [0.1, 0.15) is 24.1 Å². The van der Waals surface area contributed by atoms with Gasteiger partial charge in [-0.25, -0.2) is 0 Å². The third-order valence-corrected chi connectivity index (χ3v) is 3.89.